The van der Waals surface area contributed by atoms with Crippen LogP contribution in [0.15, 0.2) is 18.7 Å². The molecule has 2 aliphatic heterocycles. The SMILES string of the molecule is CCCNC1CC2CCC(C1)N2c1cncnc1. The van der Waals surface area contributed by atoms with Crippen LogP contribution in [0.2, 0.25) is 0 Å². The third-order valence-corrected chi connectivity index (χ3v) is 4.26. The monoisotopic (exact) mass is 246 g/mol. The fraction of sp³-hybridized carbons (Fsp3) is 0.714. The van der Waals surface area contributed by atoms with Gasteiger partial charge in [-0.15, -0.1) is 0 Å². The van der Waals surface area contributed by atoms with Gasteiger partial charge in [-0.1, -0.05) is 6.92 Å². The number of nitrogens with one attached hydrogen (secondary N) is 1. The van der Waals surface area contributed by atoms with Gasteiger partial charge in [-0.25, -0.2) is 9.97 Å². The summed E-state index contributed by atoms with van der Waals surface area (Å²) in [5.74, 6) is 0. The minimum Gasteiger partial charge on any atom is -0.363 e. The maximum absolute atomic E-state index is 4.16. The second-order valence-electron chi connectivity index (χ2n) is 5.51. The predicted molar refractivity (Wildman–Crippen MR) is 72.6 cm³/mol. The molecule has 0 aliphatic carbocycles. The van der Waals surface area contributed by atoms with Gasteiger partial charge in [0.1, 0.15) is 6.33 Å². The molecule has 2 aliphatic rings. The van der Waals surface area contributed by atoms with E-state index in [1.807, 2.05) is 12.4 Å². The number of hydrogen-bond acceptors (Lipinski definition) is 4. The summed E-state index contributed by atoms with van der Waals surface area (Å²) in [4.78, 5) is 10.9. The number of hydrogen-bond donors (Lipinski definition) is 1. The summed E-state index contributed by atoms with van der Waals surface area (Å²) in [6.45, 7) is 3.39. The van der Waals surface area contributed by atoms with Crippen LogP contribution in [0.5, 0.6) is 0 Å². The van der Waals surface area contributed by atoms with Crippen molar-refractivity contribution in [2.45, 2.75) is 57.2 Å². The molecule has 1 N–H and O–H groups in total. The Morgan fingerprint density at radius 2 is 1.89 bits per heavy atom. The van der Waals surface area contributed by atoms with E-state index in [-0.39, 0.29) is 0 Å². The number of rotatable bonds is 4. The van der Waals surface area contributed by atoms with Crippen molar-refractivity contribution in [1.82, 2.24) is 15.3 Å². The number of nitrogens with zero attached hydrogens (tertiary/aromatic N) is 3. The third-order valence-electron chi connectivity index (χ3n) is 4.26. The predicted octanol–water partition coefficient (Wildman–Crippen LogP) is 1.98. The normalized spacial score (nSPS) is 30.7. The smallest absolute Gasteiger partial charge is 0.115 e. The van der Waals surface area contributed by atoms with E-state index in [9.17, 15) is 0 Å². The van der Waals surface area contributed by atoms with E-state index in [1.54, 1.807) is 6.33 Å². The summed E-state index contributed by atoms with van der Waals surface area (Å²) in [5, 5.41) is 3.69. The Labute approximate surface area is 109 Å². The lowest BCUT2D eigenvalue weighted by Gasteiger charge is -2.40. The highest BCUT2D eigenvalue weighted by atomic mass is 15.2. The molecule has 3 heterocycles. The molecule has 2 unspecified atom stereocenters. The van der Waals surface area contributed by atoms with Crippen LogP contribution in [0.3, 0.4) is 0 Å². The average Bonchev–Trinajstić information content (AvgIpc) is 2.69. The molecule has 2 bridgehead atoms. The van der Waals surface area contributed by atoms with Gasteiger partial charge in [0.15, 0.2) is 0 Å². The maximum Gasteiger partial charge on any atom is 0.115 e. The zero-order valence-electron chi connectivity index (χ0n) is 11.0. The largest absolute Gasteiger partial charge is 0.363 e. The molecule has 2 saturated heterocycles. The Balaban J connectivity index is 1.70. The molecular formula is C14H22N4. The Bertz CT molecular complexity index is 367. The molecule has 2 fully saturated rings. The van der Waals surface area contributed by atoms with Crippen molar-refractivity contribution in [2.75, 3.05) is 11.4 Å². The van der Waals surface area contributed by atoms with Crippen molar-refractivity contribution in [2.24, 2.45) is 0 Å². The number of anilines is 1. The molecule has 98 valence electrons. The van der Waals surface area contributed by atoms with Crippen molar-refractivity contribution in [3.63, 3.8) is 0 Å². The molecule has 3 rings (SSSR count). The minimum absolute atomic E-state index is 0.684. The van der Waals surface area contributed by atoms with Crippen molar-refractivity contribution in [3.05, 3.63) is 18.7 Å². The Kier molecular flexibility index (Phi) is 3.46. The summed E-state index contributed by atoms with van der Waals surface area (Å²) in [6, 6.07) is 2.08. The highest BCUT2D eigenvalue weighted by Gasteiger charge is 2.40. The zero-order valence-corrected chi connectivity index (χ0v) is 11.0. The molecule has 0 spiro atoms. The molecule has 0 saturated carbocycles. The average molecular weight is 246 g/mol. The molecule has 4 nitrogen and oxygen atoms in total. The Hall–Kier alpha value is -1.16. The van der Waals surface area contributed by atoms with Crippen molar-refractivity contribution in [1.29, 1.82) is 0 Å². The molecular weight excluding hydrogens is 224 g/mol. The van der Waals surface area contributed by atoms with Crippen LogP contribution in [0, 0.1) is 0 Å². The quantitative estimate of drug-likeness (QED) is 0.882. The second kappa shape index (κ2) is 5.22. The van der Waals surface area contributed by atoms with Gasteiger partial charge in [-0.3, -0.25) is 0 Å². The van der Waals surface area contributed by atoms with E-state index in [0.717, 1.165) is 6.54 Å². The lowest BCUT2D eigenvalue weighted by Crippen LogP contribution is -2.49. The van der Waals surface area contributed by atoms with Gasteiger partial charge in [0.05, 0.1) is 18.1 Å². The van der Waals surface area contributed by atoms with Crippen LogP contribution in [0.1, 0.15) is 39.0 Å². The van der Waals surface area contributed by atoms with Gasteiger partial charge in [0.2, 0.25) is 0 Å². The molecule has 0 amide bonds. The molecule has 18 heavy (non-hydrogen) atoms. The maximum atomic E-state index is 4.16. The van der Waals surface area contributed by atoms with Crippen LogP contribution in [0.25, 0.3) is 0 Å². The number of fused-ring (bicyclic) bond motifs is 2. The number of piperidine rings is 1. The van der Waals surface area contributed by atoms with E-state index in [4.69, 9.17) is 0 Å². The molecule has 0 aromatic carbocycles. The van der Waals surface area contributed by atoms with E-state index in [2.05, 4.69) is 27.1 Å². The lowest BCUT2D eigenvalue weighted by atomic mass is 9.97. The van der Waals surface area contributed by atoms with E-state index >= 15 is 0 Å². The Morgan fingerprint density at radius 3 is 2.50 bits per heavy atom. The van der Waals surface area contributed by atoms with Crippen LogP contribution in [0.4, 0.5) is 5.69 Å². The van der Waals surface area contributed by atoms with Gasteiger partial charge in [-0.05, 0) is 38.6 Å². The summed E-state index contributed by atoms with van der Waals surface area (Å²) in [5.41, 5.74) is 1.21. The fourth-order valence-corrected chi connectivity index (χ4v) is 3.54. The molecule has 4 heteroatoms. The zero-order chi connectivity index (χ0) is 12.4. The van der Waals surface area contributed by atoms with Crippen molar-refractivity contribution in [3.8, 4) is 0 Å². The van der Waals surface area contributed by atoms with Crippen LogP contribution in [-0.4, -0.2) is 34.6 Å². The second-order valence-corrected chi connectivity index (χ2v) is 5.51. The highest BCUT2D eigenvalue weighted by Crippen LogP contribution is 2.38. The van der Waals surface area contributed by atoms with Gasteiger partial charge < -0.3 is 10.2 Å². The Morgan fingerprint density at radius 1 is 1.22 bits per heavy atom. The lowest BCUT2D eigenvalue weighted by molar-refractivity contribution is 0.356. The first-order chi connectivity index (χ1) is 8.88. The summed E-state index contributed by atoms with van der Waals surface area (Å²) < 4.78 is 0. The first kappa shape index (κ1) is 11.9. The molecule has 1 aromatic rings. The van der Waals surface area contributed by atoms with Gasteiger partial charge in [0.25, 0.3) is 0 Å². The van der Waals surface area contributed by atoms with E-state index in [1.165, 1.54) is 37.8 Å². The fourth-order valence-electron chi connectivity index (χ4n) is 3.54. The van der Waals surface area contributed by atoms with Gasteiger partial charge in [0, 0.05) is 18.1 Å². The topological polar surface area (TPSA) is 41.0 Å². The number of aromatic nitrogens is 2. The first-order valence-corrected chi connectivity index (χ1v) is 7.15. The standard InChI is InChI=1S/C14H22N4/c1-2-5-17-11-6-12-3-4-13(7-11)18(12)14-8-15-10-16-9-14/h8-13,17H,2-7H2,1H3. The van der Waals surface area contributed by atoms with Crippen molar-refractivity contribution >= 4 is 5.69 Å². The summed E-state index contributed by atoms with van der Waals surface area (Å²) >= 11 is 0. The van der Waals surface area contributed by atoms with Gasteiger partial charge >= 0.3 is 0 Å². The van der Waals surface area contributed by atoms with E-state index < -0.39 is 0 Å². The summed E-state index contributed by atoms with van der Waals surface area (Å²) in [6.07, 6.45) is 11.9. The van der Waals surface area contributed by atoms with Crippen LogP contribution >= 0.6 is 0 Å². The van der Waals surface area contributed by atoms with Crippen LogP contribution in [-0.2, 0) is 0 Å². The summed E-state index contributed by atoms with van der Waals surface area (Å²) in [7, 11) is 0. The van der Waals surface area contributed by atoms with E-state index in [0.29, 0.717) is 18.1 Å². The third kappa shape index (κ3) is 2.21. The molecule has 0 radical (unpaired) electrons. The molecule has 2 atom stereocenters. The highest BCUT2D eigenvalue weighted by molar-refractivity contribution is 5.46. The minimum atomic E-state index is 0.684. The molecule has 1 aromatic heterocycles. The van der Waals surface area contributed by atoms with Crippen LogP contribution < -0.4 is 10.2 Å². The van der Waals surface area contributed by atoms with Gasteiger partial charge in [-0.2, -0.15) is 0 Å². The van der Waals surface area contributed by atoms with Crippen molar-refractivity contribution < 1.29 is 0 Å². The first-order valence-electron chi connectivity index (χ1n) is 7.15.